The van der Waals surface area contributed by atoms with Crippen LogP contribution in [0, 0.1) is 11.6 Å². The highest BCUT2D eigenvalue weighted by molar-refractivity contribution is 6.31. The van der Waals surface area contributed by atoms with E-state index in [0.717, 1.165) is 18.2 Å². The molecule has 2 nitrogen and oxygen atoms in total. The second-order valence-corrected chi connectivity index (χ2v) is 4.13. The van der Waals surface area contributed by atoms with Gasteiger partial charge in [-0.15, -0.1) is 0 Å². The van der Waals surface area contributed by atoms with Crippen molar-refractivity contribution in [3.63, 3.8) is 0 Å². The molecule has 5 heteroatoms. The van der Waals surface area contributed by atoms with Gasteiger partial charge in [-0.2, -0.15) is 0 Å². The van der Waals surface area contributed by atoms with Crippen molar-refractivity contribution >= 4 is 17.6 Å². The molecule has 0 bridgehead atoms. The highest BCUT2D eigenvalue weighted by atomic mass is 35.5. The van der Waals surface area contributed by atoms with Crippen LogP contribution in [0.15, 0.2) is 36.4 Å². The molecule has 0 heterocycles. The van der Waals surface area contributed by atoms with Crippen molar-refractivity contribution in [3.8, 4) is 11.1 Å². The smallest absolute Gasteiger partial charge is 0.335 e. The first-order valence-electron chi connectivity index (χ1n) is 4.96. The van der Waals surface area contributed by atoms with Gasteiger partial charge in [-0.05, 0) is 41.5 Å². The molecule has 18 heavy (non-hydrogen) atoms. The minimum Gasteiger partial charge on any atom is -0.478 e. The number of carbonyl (C=O) groups is 1. The predicted octanol–water partition coefficient (Wildman–Crippen LogP) is 3.98. The molecule has 0 amide bonds. The Labute approximate surface area is 106 Å². The van der Waals surface area contributed by atoms with Crippen molar-refractivity contribution in [1.82, 2.24) is 0 Å². The molecular formula is C13H7ClF2O2. The van der Waals surface area contributed by atoms with Gasteiger partial charge in [0.1, 0.15) is 11.6 Å². The summed E-state index contributed by atoms with van der Waals surface area (Å²) in [5, 5.41) is 9.07. The molecule has 0 saturated heterocycles. The van der Waals surface area contributed by atoms with Crippen LogP contribution in [0.1, 0.15) is 10.4 Å². The van der Waals surface area contributed by atoms with Crippen molar-refractivity contribution < 1.29 is 18.7 Å². The second kappa shape index (κ2) is 4.74. The molecule has 0 radical (unpaired) electrons. The van der Waals surface area contributed by atoms with Crippen LogP contribution in [0.25, 0.3) is 11.1 Å². The average Bonchev–Trinajstić information content (AvgIpc) is 2.26. The fourth-order valence-corrected chi connectivity index (χ4v) is 1.84. The molecule has 0 unspecified atom stereocenters. The van der Waals surface area contributed by atoms with Crippen LogP contribution in [-0.2, 0) is 0 Å². The first kappa shape index (κ1) is 12.5. The standard InChI is InChI=1S/C13H7ClF2O2/c14-10-2-7(1-9(3-10)13(17)18)8-4-11(15)6-12(16)5-8/h1-6H,(H,17,18). The van der Waals surface area contributed by atoms with E-state index in [0.29, 0.717) is 5.56 Å². The number of rotatable bonds is 2. The fraction of sp³-hybridized carbons (Fsp3) is 0. The molecule has 0 aliphatic rings. The van der Waals surface area contributed by atoms with Gasteiger partial charge >= 0.3 is 5.97 Å². The molecular weight excluding hydrogens is 262 g/mol. The van der Waals surface area contributed by atoms with Crippen molar-refractivity contribution in [2.45, 2.75) is 0 Å². The zero-order valence-corrected chi connectivity index (χ0v) is 9.71. The van der Waals surface area contributed by atoms with Crippen molar-refractivity contribution in [1.29, 1.82) is 0 Å². The molecule has 0 fully saturated rings. The normalized spacial score (nSPS) is 10.4. The van der Waals surface area contributed by atoms with Gasteiger partial charge in [0.25, 0.3) is 0 Å². The Kier molecular flexibility index (Phi) is 3.30. The Morgan fingerprint density at radius 3 is 2.06 bits per heavy atom. The van der Waals surface area contributed by atoms with Gasteiger partial charge < -0.3 is 5.11 Å². The Balaban J connectivity index is 2.59. The van der Waals surface area contributed by atoms with Gasteiger partial charge in [-0.3, -0.25) is 0 Å². The van der Waals surface area contributed by atoms with Gasteiger partial charge in [0.05, 0.1) is 5.56 Å². The highest BCUT2D eigenvalue weighted by Gasteiger charge is 2.09. The summed E-state index contributed by atoms with van der Waals surface area (Å²) in [4.78, 5) is 10.9. The number of hydrogen-bond acceptors (Lipinski definition) is 1. The fourth-order valence-electron chi connectivity index (χ4n) is 1.60. The lowest BCUT2D eigenvalue weighted by atomic mass is 10.0. The van der Waals surface area contributed by atoms with E-state index in [-0.39, 0.29) is 16.1 Å². The lowest BCUT2D eigenvalue weighted by Gasteiger charge is -2.05. The molecule has 0 saturated carbocycles. The molecule has 2 aromatic carbocycles. The summed E-state index contributed by atoms with van der Waals surface area (Å²) in [6, 6.07) is 6.99. The van der Waals surface area contributed by atoms with Crippen LogP contribution in [0.2, 0.25) is 5.02 Å². The predicted molar refractivity (Wildman–Crippen MR) is 63.8 cm³/mol. The Hall–Kier alpha value is -1.94. The zero-order chi connectivity index (χ0) is 13.3. The van der Waals surface area contributed by atoms with E-state index < -0.39 is 17.6 Å². The quantitative estimate of drug-likeness (QED) is 0.894. The summed E-state index contributed by atoms with van der Waals surface area (Å²) >= 11 is 5.77. The molecule has 0 aliphatic carbocycles. The lowest BCUT2D eigenvalue weighted by Crippen LogP contribution is -1.96. The number of carboxylic acid groups (broad SMARTS) is 1. The summed E-state index contributed by atoms with van der Waals surface area (Å²) in [5.41, 5.74) is 0.540. The zero-order valence-electron chi connectivity index (χ0n) is 8.95. The van der Waals surface area contributed by atoms with Crippen molar-refractivity contribution in [2.75, 3.05) is 0 Å². The third-order valence-electron chi connectivity index (χ3n) is 2.34. The van der Waals surface area contributed by atoms with Crippen LogP contribution < -0.4 is 0 Å². The SMILES string of the molecule is O=C(O)c1cc(Cl)cc(-c2cc(F)cc(F)c2)c1. The van der Waals surface area contributed by atoms with E-state index in [4.69, 9.17) is 16.7 Å². The molecule has 0 aliphatic heterocycles. The van der Waals surface area contributed by atoms with Gasteiger partial charge in [0.15, 0.2) is 0 Å². The number of benzene rings is 2. The monoisotopic (exact) mass is 268 g/mol. The van der Waals surface area contributed by atoms with Crippen LogP contribution >= 0.6 is 11.6 Å². The Morgan fingerprint density at radius 1 is 0.944 bits per heavy atom. The first-order chi connectivity index (χ1) is 8.45. The molecule has 2 rings (SSSR count). The summed E-state index contributed by atoms with van der Waals surface area (Å²) in [7, 11) is 0. The number of halogens is 3. The molecule has 2 aromatic rings. The van der Waals surface area contributed by atoms with Crippen LogP contribution in [0.4, 0.5) is 8.78 Å². The van der Waals surface area contributed by atoms with E-state index >= 15 is 0 Å². The molecule has 1 N–H and O–H groups in total. The molecule has 0 atom stereocenters. The minimum absolute atomic E-state index is 0.0397. The third kappa shape index (κ3) is 2.65. The van der Waals surface area contributed by atoms with E-state index in [1.165, 1.54) is 18.2 Å². The van der Waals surface area contributed by atoms with E-state index in [9.17, 15) is 13.6 Å². The second-order valence-electron chi connectivity index (χ2n) is 3.69. The van der Waals surface area contributed by atoms with Gasteiger partial charge in [0.2, 0.25) is 0 Å². The van der Waals surface area contributed by atoms with E-state index in [1.807, 2.05) is 0 Å². The maximum atomic E-state index is 13.1. The summed E-state index contributed by atoms with van der Waals surface area (Å²) in [6.07, 6.45) is 0. The average molecular weight is 269 g/mol. The highest BCUT2D eigenvalue weighted by Crippen LogP contribution is 2.26. The maximum Gasteiger partial charge on any atom is 0.335 e. The Bertz CT molecular complexity index is 606. The lowest BCUT2D eigenvalue weighted by molar-refractivity contribution is 0.0697. The van der Waals surface area contributed by atoms with E-state index in [1.54, 1.807) is 0 Å². The van der Waals surface area contributed by atoms with Crippen molar-refractivity contribution in [2.24, 2.45) is 0 Å². The largest absolute Gasteiger partial charge is 0.478 e. The van der Waals surface area contributed by atoms with Gasteiger partial charge in [-0.25, -0.2) is 13.6 Å². The van der Waals surface area contributed by atoms with Crippen molar-refractivity contribution in [3.05, 3.63) is 58.6 Å². The minimum atomic E-state index is -1.16. The van der Waals surface area contributed by atoms with Gasteiger partial charge in [-0.1, -0.05) is 11.6 Å². The number of hydrogen-bond donors (Lipinski definition) is 1. The molecule has 92 valence electrons. The number of carboxylic acids is 1. The number of aromatic carboxylic acids is 1. The summed E-state index contributed by atoms with van der Waals surface area (Å²) < 4.78 is 26.2. The van der Waals surface area contributed by atoms with Crippen LogP contribution in [-0.4, -0.2) is 11.1 Å². The van der Waals surface area contributed by atoms with E-state index in [2.05, 4.69) is 0 Å². The van der Waals surface area contributed by atoms with Gasteiger partial charge in [0, 0.05) is 11.1 Å². The summed E-state index contributed by atoms with van der Waals surface area (Å²) in [6.45, 7) is 0. The van der Waals surface area contributed by atoms with Crippen LogP contribution in [0.5, 0.6) is 0 Å². The maximum absolute atomic E-state index is 13.1. The first-order valence-corrected chi connectivity index (χ1v) is 5.34. The molecule has 0 aromatic heterocycles. The van der Waals surface area contributed by atoms with Crippen LogP contribution in [0.3, 0.4) is 0 Å². The summed E-state index contributed by atoms with van der Waals surface area (Å²) in [5.74, 6) is -2.63. The Morgan fingerprint density at radius 2 is 1.50 bits per heavy atom. The molecule has 0 spiro atoms. The third-order valence-corrected chi connectivity index (χ3v) is 2.56. The topological polar surface area (TPSA) is 37.3 Å².